The summed E-state index contributed by atoms with van der Waals surface area (Å²) in [5.41, 5.74) is 2.16. The topological polar surface area (TPSA) is 67.4 Å². The van der Waals surface area contributed by atoms with Crippen LogP contribution in [-0.2, 0) is 16.0 Å². The Morgan fingerprint density at radius 2 is 1.54 bits per heavy atom. The van der Waals surface area contributed by atoms with Crippen LogP contribution in [0.3, 0.4) is 0 Å². The number of aryl methyl sites for hydroxylation is 1. The number of benzene rings is 2. The molecule has 26 heavy (non-hydrogen) atoms. The highest BCUT2D eigenvalue weighted by Gasteiger charge is 2.04. The van der Waals surface area contributed by atoms with E-state index in [4.69, 9.17) is 4.74 Å². The van der Waals surface area contributed by atoms with Crippen LogP contribution >= 0.6 is 0 Å². The van der Waals surface area contributed by atoms with E-state index in [1.54, 1.807) is 0 Å². The van der Waals surface area contributed by atoms with E-state index in [2.05, 4.69) is 10.6 Å². The molecule has 0 heterocycles. The van der Waals surface area contributed by atoms with E-state index in [-0.39, 0.29) is 11.8 Å². The number of nitrogens with one attached hydrogen (secondary N) is 2. The minimum absolute atomic E-state index is 0.0326. The van der Waals surface area contributed by atoms with Crippen LogP contribution in [0.4, 0.5) is 0 Å². The maximum absolute atomic E-state index is 11.8. The largest absolute Gasteiger partial charge is 0.494 e. The lowest BCUT2D eigenvalue weighted by atomic mass is 10.1. The molecule has 0 atom stereocenters. The molecule has 0 saturated carbocycles. The van der Waals surface area contributed by atoms with Crippen LogP contribution in [0.15, 0.2) is 54.6 Å². The second kappa shape index (κ2) is 10.9. The molecule has 2 N–H and O–H groups in total. The molecule has 2 aromatic carbocycles. The summed E-state index contributed by atoms with van der Waals surface area (Å²) in [4.78, 5) is 23.5. The number of amides is 2. The van der Waals surface area contributed by atoms with Crippen molar-refractivity contribution >= 4 is 11.8 Å². The van der Waals surface area contributed by atoms with Crippen molar-refractivity contribution in [3.8, 4) is 5.75 Å². The number of rotatable bonds is 10. The van der Waals surface area contributed by atoms with Gasteiger partial charge >= 0.3 is 0 Å². The minimum atomic E-state index is -0.0445. The number of carbonyl (C=O) groups excluding carboxylic acids is 2. The van der Waals surface area contributed by atoms with Crippen molar-refractivity contribution in [1.82, 2.24) is 10.6 Å². The van der Waals surface area contributed by atoms with Gasteiger partial charge in [0.1, 0.15) is 5.75 Å². The van der Waals surface area contributed by atoms with Gasteiger partial charge in [0, 0.05) is 19.5 Å². The number of carbonyl (C=O) groups is 2. The summed E-state index contributed by atoms with van der Waals surface area (Å²) in [6, 6.07) is 17.4. The first-order chi connectivity index (χ1) is 12.6. The zero-order valence-electron chi connectivity index (χ0n) is 15.2. The molecule has 0 aliphatic rings. The summed E-state index contributed by atoms with van der Waals surface area (Å²) >= 11 is 0. The fraction of sp³-hybridized carbons (Fsp3) is 0.333. The summed E-state index contributed by atoms with van der Waals surface area (Å²) in [5.74, 6) is 0.740. The Labute approximate surface area is 154 Å². The van der Waals surface area contributed by atoms with Crippen molar-refractivity contribution in [2.45, 2.75) is 26.2 Å². The first kappa shape index (κ1) is 19.5. The summed E-state index contributed by atoms with van der Waals surface area (Å²) in [6.45, 7) is 3.39. The predicted octanol–water partition coefficient (Wildman–Crippen LogP) is 2.63. The second-order valence-corrected chi connectivity index (χ2v) is 6.13. The highest BCUT2D eigenvalue weighted by atomic mass is 16.5. The van der Waals surface area contributed by atoms with E-state index in [9.17, 15) is 9.59 Å². The molecule has 5 heteroatoms. The fourth-order valence-corrected chi connectivity index (χ4v) is 2.39. The molecule has 2 rings (SSSR count). The van der Waals surface area contributed by atoms with E-state index < -0.39 is 0 Å². The van der Waals surface area contributed by atoms with Crippen molar-refractivity contribution in [2.24, 2.45) is 0 Å². The number of hydrogen-bond donors (Lipinski definition) is 2. The third kappa shape index (κ3) is 7.83. The molecule has 0 saturated heterocycles. The number of ether oxygens (including phenoxy) is 1. The smallest absolute Gasteiger partial charge is 0.224 e. The van der Waals surface area contributed by atoms with Gasteiger partial charge < -0.3 is 15.4 Å². The lowest BCUT2D eigenvalue weighted by molar-refractivity contribution is -0.122. The predicted molar refractivity (Wildman–Crippen MR) is 102 cm³/mol. The molecule has 0 aliphatic heterocycles. The van der Waals surface area contributed by atoms with Crippen LogP contribution in [0.2, 0.25) is 0 Å². The Hall–Kier alpha value is -2.82. The molecular formula is C21H26N2O3. The lowest BCUT2D eigenvalue weighted by Crippen LogP contribution is -2.35. The summed E-state index contributed by atoms with van der Waals surface area (Å²) in [6.07, 6.45) is 1.41. The summed E-state index contributed by atoms with van der Waals surface area (Å²) < 4.78 is 5.59. The Kier molecular flexibility index (Phi) is 8.19. The van der Waals surface area contributed by atoms with Crippen LogP contribution in [-0.4, -0.2) is 31.5 Å². The van der Waals surface area contributed by atoms with Gasteiger partial charge in [0.2, 0.25) is 11.8 Å². The average Bonchev–Trinajstić information content (AvgIpc) is 2.65. The van der Waals surface area contributed by atoms with Gasteiger partial charge in [-0.3, -0.25) is 9.59 Å². The van der Waals surface area contributed by atoms with E-state index in [1.807, 2.05) is 61.5 Å². The first-order valence-electron chi connectivity index (χ1n) is 8.90. The second-order valence-electron chi connectivity index (χ2n) is 6.13. The van der Waals surface area contributed by atoms with Crippen molar-refractivity contribution in [1.29, 1.82) is 0 Å². The van der Waals surface area contributed by atoms with Crippen molar-refractivity contribution in [3.05, 3.63) is 65.7 Å². The SMILES string of the molecule is Cc1ccc(OCCCC(=O)NCCNC(=O)Cc2ccccc2)cc1. The molecule has 0 radical (unpaired) electrons. The normalized spacial score (nSPS) is 10.2. The number of hydrogen-bond acceptors (Lipinski definition) is 3. The molecule has 0 bridgehead atoms. The Morgan fingerprint density at radius 1 is 0.885 bits per heavy atom. The molecule has 2 aromatic rings. The standard InChI is InChI=1S/C21H26N2O3/c1-17-9-11-19(12-10-17)26-15-5-8-20(24)22-13-14-23-21(25)16-18-6-3-2-4-7-18/h2-4,6-7,9-12H,5,8,13-16H2,1H3,(H,22,24)(H,23,25). The maximum atomic E-state index is 11.8. The first-order valence-corrected chi connectivity index (χ1v) is 8.90. The third-order valence-electron chi connectivity index (χ3n) is 3.81. The van der Waals surface area contributed by atoms with Crippen LogP contribution < -0.4 is 15.4 Å². The third-order valence-corrected chi connectivity index (χ3v) is 3.81. The van der Waals surface area contributed by atoms with Gasteiger partial charge in [0.05, 0.1) is 13.0 Å². The summed E-state index contributed by atoms with van der Waals surface area (Å²) in [7, 11) is 0. The Morgan fingerprint density at radius 3 is 2.23 bits per heavy atom. The Balaban J connectivity index is 1.49. The minimum Gasteiger partial charge on any atom is -0.494 e. The van der Waals surface area contributed by atoms with Crippen molar-refractivity contribution in [2.75, 3.05) is 19.7 Å². The molecule has 0 fully saturated rings. The van der Waals surface area contributed by atoms with Gasteiger partial charge in [-0.05, 0) is 31.0 Å². The van der Waals surface area contributed by atoms with Crippen molar-refractivity contribution < 1.29 is 14.3 Å². The van der Waals surface area contributed by atoms with Gasteiger partial charge in [-0.15, -0.1) is 0 Å². The van der Waals surface area contributed by atoms with E-state index in [0.29, 0.717) is 39.0 Å². The molecule has 0 unspecified atom stereocenters. The van der Waals surface area contributed by atoms with Gasteiger partial charge in [0.15, 0.2) is 0 Å². The van der Waals surface area contributed by atoms with Gasteiger partial charge in [-0.25, -0.2) is 0 Å². The van der Waals surface area contributed by atoms with E-state index in [0.717, 1.165) is 11.3 Å². The van der Waals surface area contributed by atoms with Crippen LogP contribution in [0, 0.1) is 6.92 Å². The zero-order chi connectivity index (χ0) is 18.6. The summed E-state index contributed by atoms with van der Waals surface area (Å²) in [5, 5.41) is 5.60. The molecule has 0 aliphatic carbocycles. The van der Waals surface area contributed by atoms with E-state index in [1.165, 1.54) is 5.56 Å². The molecule has 0 aromatic heterocycles. The van der Waals surface area contributed by atoms with Crippen LogP contribution in [0.25, 0.3) is 0 Å². The molecule has 0 spiro atoms. The van der Waals surface area contributed by atoms with Crippen LogP contribution in [0.1, 0.15) is 24.0 Å². The molecular weight excluding hydrogens is 328 g/mol. The van der Waals surface area contributed by atoms with Gasteiger partial charge in [-0.1, -0.05) is 48.0 Å². The monoisotopic (exact) mass is 354 g/mol. The zero-order valence-corrected chi connectivity index (χ0v) is 15.2. The van der Waals surface area contributed by atoms with Crippen LogP contribution in [0.5, 0.6) is 5.75 Å². The fourth-order valence-electron chi connectivity index (χ4n) is 2.39. The molecule has 2 amide bonds. The molecule has 138 valence electrons. The molecule has 5 nitrogen and oxygen atoms in total. The average molecular weight is 354 g/mol. The maximum Gasteiger partial charge on any atom is 0.224 e. The van der Waals surface area contributed by atoms with Gasteiger partial charge in [-0.2, -0.15) is 0 Å². The highest BCUT2D eigenvalue weighted by Crippen LogP contribution is 2.11. The Bertz CT molecular complexity index is 684. The lowest BCUT2D eigenvalue weighted by Gasteiger charge is -2.08. The van der Waals surface area contributed by atoms with Crippen molar-refractivity contribution in [3.63, 3.8) is 0 Å². The van der Waals surface area contributed by atoms with Gasteiger partial charge in [0.25, 0.3) is 0 Å². The van der Waals surface area contributed by atoms with E-state index >= 15 is 0 Å². The quantitative estimate of drug-likeness (QED) is 0.645. The highest BCUT2D eigenvalue weighted by molar-refractivity contribution is 5.78.